The number of hydrogen-bond acceptors (Lipinski definition) is 4. The van der Waals surface area contributed by atoms with E-state index >= 15 is 0 Å². The van der Waals surface area contributed by atoms with Crippen LogP contribution in [-0.2, 0) is 4.79 Å². The van der Waals surface area contributed by atoms with Crippen molar-refractivity contribution in [3.05, 3.63) is 0 Å². The van der Waals surface area contributed by atoms with Crippen LogP contribution >= 0.6 is 11.8 Å². The first-order valence-corrected chi connectivity index (χ1v) is 8.17. The number of β-amino-alcohol motifs (C(OH)–C–C–N with tert-alkyl or cyclic N) is 1. The van der Waals surface area contributed by atoms with E-state index < -0.39 is 12.1 Å². The fourth-order valence-corrected chi connectivity index (χ4v) is 3.74. The molecule has 2 aliphatic rings. The Kier molecular flexibility index (Phi) is 5.15. The van der Waals surface area contributed by atoms with Crippen LogP contribution in [0.3, 0.4) is 0 Å². The number of piperidine rings is 1. The van der Waals surface area contributed by atoms with E-state index in [4.69, 9.17) is 5.11 Å². The van der Waals surface area contributed by atoms with Gasteiger partial charge in [-0.3, -0.25) is 4.79 Å². The second-order valence-corrected chi connectivity index (χ2v) is 6.73. The second-order valence-electron chi connectivity index (χ2n) is 5.58. The van der Waals surface area contributed by atoms with E-state index in [2.05, 4.69) is 0 Å². The van der Waals surface area contributed by atoms with Gasteiger partial charge in [0.1, 0.15) is 0 Å². The summed E-state index contributed by atoms with van der Waals surface area (Å²) in [7, 11) is 0. The zero-order valence-electron chi connectivity index (χ0n) is 11.7. The van der Waals surface area contributed by atoms with Crippen LogP contribution in [0.25, 0.3) is 0 Å². The number of aliphatic hydroxyl groups is 1. The van der Waals surface area contributed by atoms with Gasteiger partial charge in [-0.15, -0.1) is 0 Å². The predicted molar refractivity (Wildman–Crippen MR) is 76.8 cm³/mol. The molecule has 0 aromatic rings. The van der Waals surface area contributed by atoms with Crippen LogP contribution in [0.1, 0.15) is 19.8 Å². The maximum absolute atomic E-state index is 12.5. The summed E-state index contributed by atoms with van der Waals surface area (Å²) in [4.78, 5) is 26.8. The Morgan fingerprint density at radius 3 is 2.75 bits per heavy atom. The third-order valence-electron chi connectivity index (χ3n) is 4.07. The van der Waals surface area contributed by atoms with Crippen LogP contribution < -0.4 is 0 Å². The summed E-state index contributed by atoms with van der Waals surface area (Å²) >= 11 is 1.69. The van der Waals surface area contributed by atoms with Crippen molar-refractivity contribution in [2.24, 2.45) is 5.92 Å². The number of carboxylic acids is 1. The summed E-state index contributed by atoms with van der Waals surface area (Å²) in [6.07, 6.45) is 0.301. The number of aliphatic carboxylic acids is 1. The minimum absolute atomic E-state index is 0.00840. The van der Waals surface area contributed by atoms with Crippen molar-refractivity contribution in [1.29, 1.82) is 0 Å². The summed E-state index contributed by atoms with van der Waals surface area (Å²) in [6.45, 7) is 3.56. The minimum atomic E-state index is -0.873. The Labute approximate surface area is 123 Å². The molecule has 6 nitrogen and oxygen atoms in total. The van der Waals surface area contributed by atoms with Crippen LogP contribution in [0, 0.1) is 5.92 Å². The molecule has 20 heavy (non-hydrogen) atoms. The third-order valence-corrected chi connectivity index (χ3v) is 5.16. The van der Waals surface area contributed by atoms with Crippen molar-refractivity contribution >= 4 is 23.8 Å². The van der Waals surface area contributed by atoms with Gasteiger partial charge in [0.15, 0.2) is 0 Å². The minimum Gasteiger partial charge on any atom is -0.481 e. The molecule has 0 spiro atoms. The Morgan fingerprint density at radius 1 is 1.35 bits per heavy atom. The lowest BCUT2D eigenvalue weighted by Crippen LogP contribution is -2.56. The van der Waals surface area contributed by atoms with E-state index in [1.54, 1.807) is 21.6 Å². The maximum atomic E-state index is 12.5. The number of carbonyl (C=O) groups is 2. The largest absolute Gasteiger partial charge is 0.481 e. The van der Waals surface area contributed by atoms with Crippen molar-refractivity contribution in [2.75, 3.05) is 31.1 Å². The standard InChI is InChI=1S/C13H22N2O4S/c1-9-2-3-14(7-11(9)16)13(19)15-4-5-20-8-10(15)6-12(17)18/h9-11,16H,2-8H2,1H3,(H,17,18). The molecule has 2 fully saturated rings. The molecule has 114 valence electrons. The smallest absolute Gasteiger partial charge is 0.320 e. The lowest BCUT2D eigenvalue weighted by atomic mass is 9.96. The van der Waals surface area contributed by atoms with Gasteiger partial charge >= 0.3 is 12.0 Å². The zero-order valence-corrected chi connectivity index (χ0v) is 12.5. The molecule has 7 heteroatoms. The predicted octanol–water partition coefficient (Wildman–Crippen LogP) is 0.701. The molecule has 3 unspecified atom stereocenters. The molecular formula is C13H22N2O4S. The van der Waals surface area contributed by atoms with E-state index in [0.717, 1.165) is 12.2 Å². The highest BCUT2D eigenvalue weighted by atomic mass is 32.2. The molecule has 2 heterocycles. The molecule has 0 bridgehead atoms. The zero-order chi connectivity index (χ0) is 14.7. The van der Waals surface area contributed by atoms with Crippen molar-refractivity contribution in [1.82, 2.24) is 9.80 Å². The number of aliphatic hydroxyl groups excluding tert-OH is 1. The molecule has 2 amide bonds. The molecule has 0 aliphatic carbocycles. The molecule has 3 atom stereocenters. The van der Waals surface area contributed by atoms with Gasteiger partial charge in [-0.2, -0.15) is 11.8 Å². The van der Waals surface area contributed by atoms with Gasteiger partial charge in [-0.25, -0.2) is 4.79 Å². The summed E-state index contributed by atoms with van der Waals surface area (Å²) in [6, 6.07) is -0.363. The second kappa shape index (κ2) is 6.67. The normalized spacial score (nSPS) is 31.2. The van der Waals surface area contributed by atoms with Gasteiger partial charge < -0.3 is 20.0 Å². The number of nitrogens with zero attached hydrogens (tertiary/aromatic N) is 2. The average Bonchev–Trinajstić information content (AvgIpc) is 2.41. The van der Waals surface area contributed by atoms with E-state index in [1.807, 2.05) is 6.92 Å². The first kappa shape index (κ1) is 15.4. The molecule has 2 aliphatic heterocycles. The lowest BCUT2D eigenvalue weighted by Gasteiger charge is -2.41. The van der Waals surface area contributed by atoms with Gasteiger partial charge in [-0.05, 0) is 12.3 Å². The van der Waals surface area contributed by atoms with Gasteiger partial charge in [0, 0.05) is 31.1 Å². The number of thioether (sulfide) groups is 1. The number of carbonyl (C=O) groups excluding carboxylic acids is 1. The summed E-state index contributed by atoms with van der Waals surface area (Å²) in [5.74, 6) is 0.854. The number of hydrogen-bond donors (Lipinski definition) is 2. The summed E-state index contributed by atoms with van der Waals surface area (Å²) < 4.78 is 0. The van der Waals surface area contributed by atoms with Crippen molar-refractivity contribution in [3.63, 3.8) is 0 Å². The van der Waals surface area contributed by atoms with Crippen LogP contribution in [0.15, 0.2) is 0 Å². The number of carboxylic acid groups (broad SMARTS) is 1. The number of amides is 2. The SMILES string of the molecule is CC1CCN(C(=O)N2CCSCC2CC(=O)O)CC1O. The number of urea groups is 1. The Hall–Kier alpha value is -0.950. The quantitative estimate of drug-likeness (QED) is 0.785. The highest BCUT2D eigenvalue weighted by molar-refractivity contribution is 7.99. The molecule has 0 aromatic heterocycles. The van der Waals surface area contributed by atoms with Crippen molar-refractivity contribution < 1.29 is 19.8 Å². The van der Waals surface area contributed by atoms with E-state index in [0.29, 0.717) is 25.4 Å². The Morgan fingerprint density at radius 2 is 2.10 bits per heavy atom. The number of rotatable bonds is 2. The fraction of sp³-hybridized carbons (Fsp3) is 0.846. The molecule has 0 saturated carbocycles. The first-order valence-electron chi connectivity index (χ1n) is 7.02. The molecule has 0 aromatic carbocycles. The van der Waals surface area contributed by atoms with Gasteiger partial charge in [0.05, 0.1) is 18.6 Å². The highest BCUT2D eigenvalue weighted by Gasteiger charge is 2.34. The average molecular weight is 302 g/mol. The third kappa shape index (κ3) is 3.58. The van der Waals surface area contributed by atoms with Gasteiger partial charge in [0.25, 0.3) is 0 Å². The topological polar surface area (TPSA) is 81.1 Å². The van der Waals surface area contributed by atoms with Crippen LogP contribution in [0.4, 0.5) is 4.79 Å². The fourth-order valence-electron chi connectivity index (χ4n) is 2.68. The summed E-state index contributed by atoms with van der Waals surface area (Å²) in [5, 5.41) is 18.8. The Bertz CT molecular complexity index is 379. The summed E-state index contributed by atoms with van der Waals surface area (Å²) in [5.41, 5.74) is 0. The number of likely N-dealkylation sites (tertiary alicyclic amines) is 1. The van der Waals surface area contributed by atoms with E-state index in [9.17, 15) is 14.7 Å². The van der Waals surface area contributed by atoms with E-state index in [-0.39, 0.29) is 24.4 Å². The van der Waals surface area contributed by atoms with Crippen LogP contribution in [-0.4, -0.2) is 75.3 Å². The maximum Gasteiger partial charge on any atom is 0.320 e. The van der Waals surface area contributed by atoms with Crippen molar-refractivity contribution in [3.8, 4) is 0 Å². The van der Waals surface area contributed by atoms with Crippen molar-refractivity contribution in [2.45, 2.75) is 31.9 Å². The molecule has 0 radical (unpaired) electrons. The Balaban J connectivity index is 2.00. The lowest BCUT2D eigenvalue weighted by molar-refractivity contribution is -0.138. The van der Waals surface area contributed by atoms with Crippen LogP contribution in [0.2, 0.25) is 0 Å². The molecule has 2 rings (SSSR count). The van der Waals surface area contributed by atoms with E-state index in [1.165, 1.54) is 0 Å². The molecular weight excluding hydrogens is 280 g/mol. The monoisotopic (exact) mass is 302 g/mol. The van der Waals surface area contributed by atoms with Gasteiger partial charge in [0.2, 0.25) is 0 Å². The van der Waals surface area contributed by atoms with Crippen LogP contribution in [0.5, 0.6) is 0 Å². The first-order chi connectivity index (χ1) is 9.49. The molecule has 2 saturated heterocycles. The van der Waals surface area contributed by atoms with Gasteiger partial charge in [-0.1, -0.05) is 6.92 Å². The highest BCUT2D eigenvalue weighted by Crippen LogP contribution is 2.23. The molecule has 2 N–H and O–H groups in total.